The molecule has 8 heteroatoms. The van der Waals surface area contributed by atoms with E-state index in [2.05, 4.69) is 4.98 Å². The number of amides is 1. The number of ether oxygens (including phenoxy) is 2. The molecular weight excluding hydrogens is 302 g/mol. The van der Waals surface area contributed by atoms with Gasteiger partial charge in [-0.25, -0.2) is 9.59 Å². The molecule has 0 saturated carbocycles. The second kappa shape index (κ2) is 6.89. The van der Waals surface area contributed by atoms with Gasteiger partial charge in [0.05, 0.1) is 6.61 Å². The summed E-state index contributed by atoms with van der Waals surface area (Å²) in [4.78, 5) is 31.2. The quantitative estimate of drug-likeness (QED) is 0.785. The zero-order valence-corrected chi connectivity index (χ0v) is 14.0. The number of nitrogens with zero attached hydrogens (tertiary/aromatic N) is 3. The highest BCUT2D eigenvalue weighted by Gasteiger charge is 2.27. The highest BCUT2D eigenvalue weighted by molar-refractivity contribution is 5.87. The number of piperazine rings is 1. The lowest BCUT2D eigenvalue weighted by molar-refractivity contribution is 0.0238. The van der Waals surface area contributed by atoms with Crippen molar-refractivity contribution in [1.29, 1.82) is 0 Å². The SMILES string of the molecule is CCOC(=O)c1coc(N2CCN(C(=O)OC(C)(C)C)CC2)n1. The van der Waals surface area contributed by atoms with Crippen LogP contribution >= 0.6 is 0 Å². The van der Waals surface area contributed by atoms with Crippen molar-refractivity contribution < 1.29 is 23.5 Å². The molecule has 1 aliphatic heterocycles. The van der Waals surface area contributed by atoms with Gasteiger partial charge in [-0.1, -0.05) is 0 Å². The number of esters is 1. The summed E-state index contributed by atoms with van der Waals surface area (Å²) in [7, 11) is 0. The molecule has 0 aliphatic carbocycles. The number of carbonyl (C=O) groups is 2. The van der Waals surface area contributed by atoms with E-state index < -0.39 is 11.6 Å². The molecule has 0 N–H and O–H groups in total. The van der Waals surface area contributed by atoms with Crippen LogP contribution in [0, 0.1) is 0 Å². The monoisotopic (exact) mass is 325 g/mol. The number of anilines is 1. The van der Waals surface area contributed by atoms with E-state index in [1.807, 2.05) is 25.7 Å². The van der Waals surface area contributed by atoms with E-state index >= 15 is 0 Å². The summed E-state index contributed by atoms with van der Waals surface area (Å²) in [5, 5.41) is 0. The van der Waals surface area contributed by atoms with Gasteiger partial charge in [0.15, 0.2) is 5.69 Å². The van der Waals surface area contributed by atoms with Crippen molar-refractivity contribution in [1.82, 2.24) is 9.88 Å². The summed E-state index contributed by atoms with van der Waals surface area (Å²) in [5.41, 5.74) is -0.359. The van der Waals surface area contributed by atoms with Crippen LogP contribution in [-0.2, 0) is 9.47 Å². The van der Waals surface area contributed by atoms with Crippen molar-refractivity contribution in [2.24, 2.45) is 0 Å². The van der Waals surface area contributed by atoms with Gasteiger partial charge in [0.1, 0.15) is 11.9 Å². The van der Waals surface area contributed by atoms with Crippen LogP contribution in [0.4, 0.5) is 10.8 Å². The minimum Gasteiger partial charge on any atom is -0.461 e. The molecule has 2 heterocycles. The summed E-state index contributed by atoms with van der Waals surface area (Å²) in [6, 6.07) is 0.358. The lowest BCUT2D eigenvalue weighted by Gasteiger charge is -2.34. The maximum absolute atomic E-state index is 12.0. The zero-order valence-electron chi connectivity index (χ0n) is 14.0. The van der Waals surface area contributed by atoms with E-state index in [1.165, 1.54) is 6.26 Å². The molecule has 1 fully saturated rings. The molecule has 1 saturated heterocycles. The Morgan fingerprint density at radius 3 is 2.48 bits per heavy atom. The first-order chi connectivity index (χ1) is 10.8. The molecule has 0 radical (unpaired) electrons. The molecule has 2 rings (SSSR count). The molecular formula is C15H23N3O5. The van der Waals surface area contributed by atoms with Crippen LogP contribution in [0.5, 0.6) is 0 Å². The van der Waals surface area contributed by atoms with Crippen LogP contribution in [0.15, 0.2) is 10.7 Å². The second-order valence-electron chi connectivity index (χ2n) is 6.19. The predicted octanol–water partition coefficient (Wildman–Crippen LogP) is 1.91. The normalized spacial score (nSPS) is 15.5. The van der Waals surface area contributed by atoms with Gasteiger partial charge < -0.3 is 23.7 Å². The molecule has 0 atom stereocenters. The molecule has 0 bridgehead atoms. The van der Waals surface area contributed by atoms with Crippen molar-refractivity contribution in [2.75, 3.05) is 37.7 Å². The van der Waals surface area contributed by atoms with Gasteiger partial charge in [-0.15, -0.1) is 0 Å². The van der Waals surface area contributed by atoms with E-state index in [0.717, 1.165) is 0 Å². The summed E-state index contributed by atoms with van der Waals surface area (Å²) >= 11 is 0. The van der Waals surface area contributed by atoms with Crippen molar-refractivity contribution >= 4 is 18.1 Å². The van der Waals surface area contributed by atoms with Crippen LogP contribution in [0.2, 0.25) is 0 Å². The third-order valence-corrected chi connectivity index (χ3v) is 3.18. The van der Waals surface area contributed by atoms with Crippen LogP contribution < -0.4 is 4.90 Å². The Morgan fingerprint density at radius 1 is 1.26 bits per heavy atom. The Kier molecular flexibility index (Phi) is 5.12. The number of oxazole rings is 1. The standard InChI is InChI=1S/C15H23N3O5/c1-5-21-12(19)11-10-22-13(16-11)17-6-8-18(9-7-17)14(20)23-15(2,3)4/h10H,5-9H2,1-4H3. The van der Waals surface area contributed by atoms with E-state index in [9.17, 15) is 9.59 Å². The van der Waals surface area contributed by atoms with Crippen LogP contribution in [-0.4, -0.2) is 60.3 Å². The van der Waals surface area contributed by atoms with Crippen LogP contribution in [0.25, 0.3) is 0 Å². The Bertz CT molecular complexity index is 556. The second-order valence-corrected chi connectivity index (χ2v) is 6.19. The molecule has 1 aromatic heterocycles. The Morgan fingerprint density at radius 2 is 1.91 bits per heavy atom. The smallest absolute Gasteiger partial charge is 0.410 e. The van der Waals surface area contributed by atoms with Gasteiger partial charge in [0.2, 0.25) is 0 Å². The summed E-state index contributed by atoms with van der Waals surface area (Å²) in [6.45, 7) is 9.66. The zero-order chi connectivity index (χ0) is 17.0. The van der Waals surface area contributed by atoms with E-state index in [0.29, 0.717) is 32.2 Å². The van der Waals surface area contributed by atoms with Crippen molar-refractivity contribution in [3.63, 3.8) is 0 Å². The molecule has 0 spiro atoms. The third-order valence-electron chi connectivity index (χ3n) is 3.18. The lowest BCUT2D eigenvalue weighted by Crippen LogP contribution is -2.50. The average molecular weight is 325 g/mol. The first-order valence-corrected chi connectivity index (χ1v) is 7.65. The molecule has 1 amide bonds. The molecule has 0 aromatic carbocycles. The number of carbonyl (C=O) groups excluding carboxylic acids is 2. The van der Waals surface area contributed by atoms with Gasteiger partial charge in [0.25, 0.3) is 6.01 Å². The number of hydrogen-bond acceptors (Lipinski definition) is 7. The Hall–Kier alpha value is -2.25. The molecule has 8 nitrogen and oxygen atoms in total. The van der Waals surface area contributed by atoms with Crippen molar-refractivity contribution in [3.8, 4) is 0 Å². The van der Waals surface area contributed by atoms with E-state index in [-0.39, 0.29) is 18.4 Å². The predicted molar refractivity (Wildman–Crippen MR) is 82.5 cm³/mol. The van der Waals surface area contributed by atoms with Gasteiger partial charge in [-0.2, -0.15) is 4.98 Å². The molecule has 23 heavy (non-hydrogen) atoms. The minimum absolute atomic E-state index is 0.149. The Labute approximate surface area is 135 Å². The van der Waals surface area contributed by atoms with Gasteiger partial charge >= 0.3 is 12.1 Å². The summed E-state index contributed by atoms with van der Waals surface area (Å²) in [6.07, 6.45) is 0.963. The average Bonchev–Trinajstić information content (AvgIpc) is 2.96. The maximum Gasteiger partial charge on any atom is 0.410 e. The first kappa shape index (κ1) is 17.1. The van der Waals surface area contributed by atoms with Crippen molar-refractivity contribution in [3.05, 3.63) is 12.0 Å². The summed E-state index contributed by atoms with van der Waals surface area (Å²) in [5.74, 6) is -0.505. The largest absolute Gasteiger partial charge is 0.461 e. The fraction of sp³-hybridized carbons (Fsp3) is 0.667. The van der Waals surface area contributed by atoms with E-state index in [1.54, 1.807) is 11.8 Å². The Balaban J connectivity index is 1.89. The van der Waals surface area contributed by atoms with Gasteiger partial charge in [-0.05, 0) is 27.7 Å². The number of aromatic nitrogens is 1. The topological polar surface area (TPSA) is 85.1 Å². The number of rotatable bonds is 3. The summed E-state index contributed by atoms with van der Waals surface area (Å²) < 4.78 is 15.6. The first-order valence-electron chi connectivity index (χ1n) is 7.65. The fourth-order valence-electron chi connectivity index (χ4n) is 2.12. The maximum atomic E-state index is 12.0. The van der Waals surface area contributed by atoms with Crippen LogP contribution in [0.3, 0.4) is 0 Å². The molecule has 1 aromatic rings. The fourth-order valence-corrected chi connectivity index (χ4v) is 2.12. The lowest BCUT2D eigenvalue weighted by atomic mass is 10.2. The molecule has 1 aliphatic rings. The van der Waals surface area contributed by atoms with Crippen molar-refractivity contribution in [2.45, 2.75) is 33.3 Å². The highest BCUT2D eigenvalue weighted by Crippen LogP contribution is 2.18. The van der Waals surface area contributed by atoms with Gasteiger partial charge in [-0.3, -0.25) is 0 Å². The minimum atomic E-state index is -0.509. The molecule has 128 valence electrons. The van der Waals surface area contributed by atoms with Crippen LogP contribution in [0.1, 0.15) is 38.2 Å². The molecule has 0 unspecified atom stereocenters. The van der Waals surface area contributed by atoms with E-state index in [4.69, 9.17) is 13.9 Å². The van der Waals surface area contributed by atoms with Gasteiger partial charge in [0, 0.05) is 26.2 Å². The highest BCUT2D eigenvalue weighted by atomic mass is 16.6. The third kappa shape index (κ3) is 4.61. The number of hydrogen-bond donors (Lipinski definition) is 0.